The smallest absolute Gasteiger partial charge is 0.338 e. The first-order chi connectivity index (χ1) is 17.0. The Hall–Kier alpha value is -3.26. The van der Waals surface area contributed by atoms with E-state index < -0.39 is 6.04 Å². The first-order valence-electron chi connectivity index (χ1n) is 12.0. The molecule has 35 heavy (non-hydrogen) atoms. The Morgan fingerprint density at radius 3 is 2.60 bits per heavy atom. The van der Waals surface area contributed by atoms with Gasteiger partial charge in [0.05, 0.1) is 12.2 Å². The van der Waals surface area contributed by atoms with E-state index in [2.05, 4.69) is 48.4 Å². The molecule has 0 aliphatic carbocycles. The summed E-state index contributed by atoms with van der Waals surface area (Å²) in [5, 5.41) is 8.71. The van der Waals surface area contributed by atoms with Crippen molar-refractivity contribution in [2.45, 2.75) is 58.3 Å². The number of esters is 1. The second-order valence-electron chi connectivity index (χ2n) is 8.53. The molecule has 0 spiro atoms. The lowest BCUT2D eigenvalue weighted by Crippen LogP contribution is -2.30. The molecule has 0 radical (unpaired) electrons. The average molecular weight is 493 g/mol. The number of fused-ring (bicyclic) bond motifs is 1. The molecule has 3 aromatic rings. The maximum absolute atomic E-state index is 13.2. The number of ether oxygens (including phenoxy) is 2. The molecule has 1 N–H and O–H groups in total. The number of nitrogens with one attached hydrogen (secondary N) is 1. The van der Waals surface area contributed by atoms with Gasteiger partial charge in [0.15, 0.2) is 0 Å². The van der Waals surface area contributed by atoms with Crippen molar-refractivity contribution in [1.29, 1.82) is 0 Å². The zero-order chi connectivity index (χ0) is 24.8. The van der Waals surface area contributed by atoms with Crippen molar-refractivity contribution in [3.05, 3.63) is 76.5 Å². The summed E-state index contributed by atoms with van der Waals surface area (Å²) in [4.78, 5) is 17.9. The van der Waals surface area contributed by atoms with Crippen molar-refractivity contribution in [1.82, 2.24) is 14.8 Å². The largest absolute Gasteiger partial charge is 0.489 e. The molecule has 2 aromatic carbocycles. The number of carbonyl (C=O) groups excluding carboxylic acids is 1. The van der Waals surface area contributed by atoms with Crippen molar-refractivity contribution in [2.24, 2.45) is 0 Å². The number of anilines is 1. The van der Waals surface area contributed by atoms with Gasteiger partial charge in [-0.2, -0.15) is 4.98 Å². The van der Waals surface area contributed by atoms with Crippen molar-refractivity contribution < 1.29 is 14.3 Å². The van der Waals surface area contributed by atoms with Gasteiger partial charge in [0, 0.05) is 17.0 Å². The normalized spacial score (nSPS) is 14.9. The molecular formula is C27H32N4O3S. The third-order valence-corrected chi connectivity index (χ3v) is 6.70. The zero-order valence-electron chi connectivity index (χ0n) is 20.7. The van der Waals surface area contributed by atoms with Crippen LogP contribution in [0.3, 0.4) is 0 Å². The monoisotopic (exact) mass is 492 g/mol. The number of aryl methyl sites for hydroxylation is 1. The van der Waals surface area contributed by atoms with Crippen LogP contribution in [0.5, 0.6) is 5.75 Å². The Labute approximate surface area is 210 Å². The SMILES string of the molecule is CCCOC(=O)C1=C(C)Nc2nc(SCCC)nn2C1c1ccccc1OCc1ccc(C)cc1. The quantitative estimate of drug-likeness (QED) is 0.278. The van der Waals surface area contributed by atoms with Crippen molar-refractivity contribution in [2.75, 3.05) is 17.7 Å². The highest BCUT2D eigenvalue weighted by atomic mass is 32.2. The molecule has 0 amide bonds. The summed E-state index contributed by atoms with van der Waals surface area (Å²) in [5.74, 6) is 1.85. The van der Waals surface area contributed by atoms with Crippen LogP contribution in [-0.4, -0.2) is 33.1 Å². The lowest BCUT2D eigenvalue weighted by atomic mass is 9.95. The summed E-state index contributed by atoms with van der Waals surface area (Å²) >= 11 is 1.60. The maximum Gasteiger partial charge on any atom is 0.338 e. The van der Waals surface area contributed by atoms with E-state index in [1.807, 2.05) is 38.1 Å². The highest BCUT2D eigenvalue weighted by molar-refractivity contribution is 7.99. The fraction of sp³-hybridized carbons (Fsp3) is 0.370. The van der Waals surface area contributed by atoms with Crippen molar-refractivity contribution >= 4 is 23.7 Å². The summed E-state index contributed by atoms with van der Waals surface area (Å²) in [5.41, 5.74) is 4.33. The van der Waals surface area contributed by atoms with Crippen LogP contribution in [0.2, 0.25) is 0 Å². The summed E-state index contributed by atoms with van der Waals surface area (Å²) in [6.07, 6.45) is 1.77. The second-order valence-corrected chi connectivity index (χ2v) is 9.59. The number of hydrogen-bond acceptors (Lipinski definition) is 7. The van der Waals surface area contributed by atoms with E-state index in [1.54, 1.807) is 16.4 Å². The average Bonchev–Trinajstić information content (AvgIpc) is 3.27. The molecule has 184 valence electrons. The minimum atomic E-state index is -0.520. The zero-order valence-corrected chi connectivity index (χ0v) is 21.5. The topological polar surface area (TPSA) is 78.3 Å². The summed E-state index contributed by atoms with van der Waals surface area (Å²) < 4.78 is 13.6. The molecule has 7 nitrogen and oxygen atoms in total. The van der Waals surface area contributed by atoms with E-state index in [-0.39, 0.29) is 5.97 Å². The van der Waals surface area contributed by atoms with Crippen LogP contribution in [0.1, 0.15) is 56.3 Å². The predicted octanol–water partition coefficient (Wildman–Crippen LogP) is 5.91. The number of para-hydroxylation sites is 1. The van der Waals surface area contributed by atoms with Crippen LogP contribution in [0.4, 0.5) is 5.95 Å². The molecule has 0 saturated heterocycles. The maximum atomic E-state index is 13.2. The van der Waals surface area contributed by atoms with Crippen LogP contribution in [-0.2, 0) is 16.1 Å². The van der Waals surface area contributed by atoms with E-state index in [4.69, 9.17) is 14.6 Å². The number of allylic oxidation sites excluding steroid dienone is 1. The summed E-state index contributed by atoms with van der Waals surface area (Å²) in [6.45, 7) is 8.82. The molecular weight excluding hydrogens is 460 g/mol. The van der Waals surface area contributed by atoms with Gasteiger partial charge >= 0.3 is 5.97 Å². The summed E-state index contributed by atoms with van der Waals surface area (Å²) in [7, 11) is 0. The molecule has 4 rings (SSSR count). The lowest BCUT2D eigenvalue weighted by molar-refractivity contribution is -0.139. The number of benzene rings is 2. The Morgan fingerprint density at radius 1 is 1.09 bits per heavy atom. The minimum Gasteiger partial charge on any atom is -0.489 e. The van der Waals surface area contributed by atoms with Crippen molar-refractivity contribution in [3.8, 4) is 5.75 Å². The Kier molecular flexibility index (Phi) is 8.13. The van der Waals surface area contributed by atoms with Gasteiger partial charge in [-0.25, -0.2) is 9.48 Å². The molecule has 1 atom stereocenters. The summed E-state index contributed by atoms with van der Waals surface area (Å²) in [6, 6.07) is 15.5. The van der Waals surface area contributed by atoms with Crippen LogP contribution in [0, 0.1) is 6.92 Å². The number of hydrogen-bond donors (Lipinski definition) is 1. The van der Waals surface area contributed by atoms with Gasteiger partial charge in [-0.1, -0.05) is 73.6 Å². The third kappa shape index (κ3) is 5.70. The molecule has 1 aromatic heterocycles. The van der Waals surface area contributed by atoms with Gasteiger partial charge in [-0.15, -0.1) is 5.10 Å². The fourth-order valence-electron chi connectivity index (χ4n) is 3.89. The van der Waals surface area contributed by atoms with E-state index >= 15 is 0 Å². The molecule has 1 aliphatic rings. The molecule has 0 saturated carbocycles. The fourth-order valence-corrected chi connectivity index (χ4v) is 4.58. The van der Waals surface area contributed by atoms with Gasteiger partial charge < -0.3 is 14.8 Å². The molecule has 8 heteroatoms. The standard InChI is InChI=1S/C27H32N4O3S/c1-5-15-33-25(32)23-19(4)28-26-29-27(35-16-6-2)30-31(26)24(23)21-9-7-8-10-22(21)34-17-20-13-11-18(3)12-14-20/h7-14,24H,5-6,15-17H2,1-4H3,(H,28,29,30). The number of aromatic nitrogens is 3. The Morgan fingerprint density at radius 2 is 1.86 bits per heavy atom. The van der Waals surface area contributed by atoms with E-state index in [0.717, 1.165) is 29.7 Å². The first-order valence-corrected chi connectivity index (χ1v) is 13.0. The van der Waals surface area contributed by atoms with Gasteiger partial charge in [-0.05, 0) is 38.3 Å². The van der Waals surface area contributed by atoms with E-state index in [9.17, 15) is 4.79 Å². The van der Waals surface area contributed by atoms with Crippen molar-refractivity contribution in [3.63, 3.8) is 0 Å². The number of thioether (sulfide) groups is 1. The molecule has 0 fully saturated rings. The number of nitrogens with zero attached hydrogens (tertiary/aromatic N) is 3. The molecule has 1 unspecified atom stereocenters. The second kappa shape index (κ2) is 11.4. The highest BCUT2D eigenvalue weighted by Crippen LogP contribution is 2.40. The van der Waals surface area contributed by atoms with Crippen LogP contribution < -0.4 is 10.1 Å². The van der Waals surface area contributed by atoms with Gasteiger partial charge in [-0.3, -0.25) is 0 Å². The lowest BCUT2D eigenvalue weighted by Gasteiger charge is -2.29. The van der Waals surface area contributed by atoms with Gasteiger partial charge in [0.2, 0.25) is 11.1 Å². The third-order valence-electron chi connectivity index (χ3n) is 5.65. The first kappa shape index (κ1) is 24.9. The van der Waals surface area contributed by atoms with Crippen LogP contribution >= 0.6 is 11.8 Å². The Bertz CT molecular complexity index is 1200. The Balaban J connectivity index is 1.73. The number of rotatable bonds is 10. The van der Waals surface area contributed by atoms with Crippen LogP contribution in [0.15, 0.2) is 65.0 Å². The molecule has 1 aliphatic heterocycles. The van der Waals surface area contributed by atoms with Gasteiger partial charge in [0.1, 0.15) is 18.4 Å². The number of carbonyl (C=O) groups is 1. The molecule has 2 heterocycles. The van der Waals surface area contributed by atoms with Crippen LogP contribution in [0.25, 0.3) is 0 Å². The highest BCUT2D eigenvalue weighted by Gasteiger charge is 2.36. The molecule has 0 bridgehead atoms. The predicted molar refractivity (Wildman–Crippen MR) is 139 cm³/mol. The van der Waals surface area contributed by atoms with E-state index in [0.29, 0.717) is 41.3 Å². The minimum absolute atomic E-state index is 0.357. The van der Waals surface area contributed by atoms with E-state index in [1.165, 1.54) is 5.56 Å². The van der Waals surface area contributed by atoms with Gasteiger partial charge in [0.25, 0.3) is 0 Å².